The second-order valence-electron chi connectivity index (χ2n) is 6.38. The minimum Gasteiger partial charge on any atom is -0.494 e. The van der Waals surface area contributed by atoms with Crippen LogP contribution in [0, 0.1) is 10.1 Å². The summed E-state index contributed by atoms with van der Waals surface area (Å²) in [6, 6.07) is 21.3. The van der Waals surface area contributed by atoms with E-state index in [2.05, 4.69) is 10.6 Å². The number of rotatable bonds is 7. The van der Waals surface area contributed by atoms with Crippen molar-refractivity contribution in [1.29, 1.82) is 0 Å². The molecule has 3 aromatic carbocycles. The molecule has 8 heteroatoms. The number of carbonyl (C=O) groups excluding carboxylic acids is 2. The monoisotopic (exact) mass is 417 g/mol. The normalized spacial score (nSPS) is 10.8. The number of nitro groups is 1. The lowest BCUT2D eigenvalue weighted by Crippen LogP contribution is -2.30. The van der Waals surface area contributed by atoms with E-state index in [0.717, 1.165) is 0 Å². The molecule has 0 saturated heterocycles. The Hall–Kier alpha value is -4.46. The summed E-state index contributed by atoms with van der Waals surface area (Å²) in [6.07, 6.45) is 1.54. The van der Waals surface area contributed by atoms with E-state index >= 15 is 0 Å². The van der Waals surface area contributed by atoms with Crippen LogP contribution in [-0.2, 0) is 4.79 Å². The van der Waals surface area contributed by atoms with E-state index in [4.69, 9.17) is 4.74 Å². The Kier molecular flexibility index (Phi) is 6.74. The zero-order chi connectivity index (χ0) is 22.2. The van der Waals surface area contributed by atoms with Crippen LogP contribution in [0.2, 0.25) is 0 Å². The Bertz CT molecular complexity index is 1130. The molecule has 0 heterocycles. The van der Waals surface area contributed by atoms with E-state index in [-0.39, 0.29) is 22.8 Å². The van der Waals surface area contributed by atoms with E-state index in [1.54, 1.807) is 54.6 Å². The van der Waals surface area contributed by atoms with Crippen LogP contribution in [-0.4, -0.2) is 23.8 Å². The number of amides is 2. The summed E-state index contributed by atoms with van der Waals surface area (Å²) in [6.45, 7) is 0. The molecule has 31 heavy (non-hydrogen) atoms. The van der Waals surface area contributed by atoms with Gasteiger partial charge in [-0.05, 0) is 29.8 Å². The number of non-ortho nitro benzene ring substituents is 1. The highest BCUT2D eigenvalue weighted by Crippen LogP contribution is 2.29. The Morgan fingerprint density at radius 1 is 0.968 bits per heavy atom. The molecule has 0 saturated carbocycles. The molecule has 3 rings (SSSR count). The zero-order valence-electron chi connectivity index (χ0n) is 16.6. The number of hydrogen-bond donors (Lipinski definition) is 2. The molecule has 156 valence electrons. The highest BCUT2D eigenvalue weighted by Gasteiger charge is 2.18. The quantitative estimate of drug-likeness (QED) is 0.343. The van der Waals surface area contributed by atoms with Crippen molar-refractivity contribution in [3.05, 3.63) is 106 Å². The number of carbonyl (C=O) groups is 2. The third-order valence-electron chi connectivity index (χ3n) is 4.28. The molecular weight excluding hydrogens is 398 g/mol. The third kappa shape index (κ3) is 5.54. The van der Waals surface area contributed by atoms with Crippen LogP contribution >= 0.6 is 0 Å². The first-order valence-corrected chi connectivity index (χ1v) is 9.25. The summed E-state index contributed by atoms with van der Waals surface area (Å²) < 4.78 is 5.16. The van der Waals surface area contributed by atoms with Crippen molar-refractivity contribution >= 4 is 29.3 Å². The summed E-state index contributed by atoms with van der Waals surface area (Å²) in [5.41, 5.74) is 1.15. The van der Waals surface area contributed by atoms with E-state index < -0.39 is 16.7 Å². The summed E-state index contributed by atoms with van der Waals surface area (Å²) >= 11 is 0. The van der Waals surface area contributed by atoms with Gasteiger partial charge < -0.3 is 15.4 Å². The second kappa shape index (κ2) is 9.84. The van der Waals surface area contributed by atoms with Crippen molar-refractivity contribution in [3.63, 3.8) is 0 Å². The van der Waals surface area contributed by atoms with Crippen molar-refractivity contribution in [1.82, 2.24) is 5.32 Å². The number of nitrogens with zero attached hydrogens (tertiary/aromatic N) is 1. The van der Waals surface area contributed by atoms with Gasteiger partial charge in [0.25, 0.3) is 17.5 Å². The molecule has 0 bridgehead atoms. The molecule has 0 aromatic heterocycles. The highest BCUT2D eigenvalue weighted by atomic mass is 16.6. The predicted octanol–water partition coefficient (Wildman–Crippen LogP) is 4.01. The summed E-state index contributed by atoms with van der Waals surface area (Å²) in [5.74, 6) is -0.940. The molecule has 0 spiro atoms. The molecule has 3 aromatic rings. The van der Waals surface area contributed by atoms with Crippen LogP contribution in [0.4, 0.5) is 11.4 Å². The van der Waals surface area contributed by atoms with Gasteiger partial charge in [-0.15, -0.1) is 0 Å². The number of nitro benzene ring substituents is 1. The molecule has 0 radical (unpaired) electrons. The van der Waals surface area contributed by atoms with E-state index in [0.29, 0.717) is 11.1 Å². The molecule has 0 aliphatic carbocycles. The second-order valence-corrected chi connectivity index (χ2v) is 6.38. The fourth-order valence-corrected chi connectivity index (χ4v) is 2.74. The molecular formula is C23H19N3O5. The van der Waals surface area contributed by atoms with Gasteiger partial charge in [0.05, 0.1) is 23.8 Å². The van der Waals surface area contributed by atoms with Crippen molar-refractivity contribution in [2.24, 2.45) is 0 Å². The summed E-state index contributed by atoms with van der Waals surface area (Å²) in [7, 11) is 1.34. The van der Waals surface area contributed by atoms with Crippen LogP contribution in [0.5, 0.6) is 5.75 Å². The lowest BCUT2D eigenvalue weighted by molar-refractivity contribution is -0.384. The largest absolute Gasteiger partial charge is 0.494 e. The van der Waals surface area contributed by atoms with Gasteiger partial charge >= 0.3 is 0 Å². The summed E-state index contributed by atoms with van der Waals surface area (Å²) in [4.78, 5) is 36.0. The van der Waals surface area contributed by atoms with Gasteiger partial charge in [0.2, 0.25) is 0 Å². The standard InChI is InChI=1S/C23H19N3O5/c1-31-21-15-18(26(29)30)12-13-19(21)24-23(28)20(14-16-8-4-2-5-9-16)25-22(27)17-10-6-3-7-11-17/h2-15H,1H3,(H,24,28)(H,25,27). The van der Waals surface area contributed by atoms with Gasteiger partial charge in [-0.25, -0.2) is 0 Å². The maximum absolute atomic E-state index is 13.0. The fourth-order valence-electron chi connectivity index (χ4n) is 2.74. The van der Waals surface area contributed by atoms with Gasteiger partial charge in [0.15, 0.2) is 0 Å². The molecule has 2 N–H and O–H groups in total. The van der Waals surface area contributed by atoms with Crippen molar-refractivity contribution in [2.75, 3.05) is 12.4 Å². The molecule has 0 atom stereocenters. The highest BCUT2D eigenvalue weighted by molar-refractivity contribution is 6.11. The van der Waals surface area contributed by atoms with Gasteiger partial charge in [0.1, 0.15) is 11.4 Å². The Balaban J connectivity index is 1.90. The smallest absolute Gasteiger partial charge is 0.273 e. The van der Waals surface area contributed by atoms with Crippen LogP contribution < -0.4 is 15.4 Å². The minimum absolute atomic E-state index is 0.000425. The number of ether oxygens (including phenoxy) is 1. The number of methoxy groups -OCH3 is 1. The SMILES string of the molecule is COc1cc([N+](=O)[O-])ccc1NC(=O)C(=Cc1ccccc1)NC(=O)c1ccccc1. The number of nitrogens with one attached hydrogen (secondary N) is 2. The minimum atomic E-state index is -0.611. The molecule has 8 nitrogen and oxygen atoms in total. The Labute approximate surface area is 178 Å². The van der Waals surface area contributed by atoms with Gasteiger partial charge in [-0.3, -0.25) is 19.7 Å². The number of anilines is 1. The molecule has 0 aliphatic rings. The molecule has 0 fully saturated rings. The van der Waals surface area contributed by atoms with Crippen molar-refractivity contribution in [3.8, 4) is 5.75 Å². The van der Waals surface area contributed by atoms with Crippen LogP contribution in [0.15, 0.2) is 84.6 Å². The van der Waals surface area contributed by atoms with Crippen molar-refractivity contribution < 1.29 is 19.2 Å². The molecule has 0 aliphatic heterocycles. The summed E-state index contributed by atoms with van der Waals surface area (Å²) in [5, 5.41) is 16.2. The average Bonchev–Trinajstić information content (AvgIpc) is 2.79. The average molecular weight is 417 g/mol. The maximum Gasteiger partial charge on any atom is 0.273 e. The van der Waals surface area contributed by atoms with Crippen molar-refractivity contribution in [2.45, 2.75) is 0 Å². The van der Waals surface area contributed by atoms with Crippen LogP contribution in [0.1, 0.15) is 15.9 Å². The number of hydrogen-bond acceptors (Lipinski definition) is 5. The Morgan fingerprint density at radius 3 is 2.23 bits per heavy atom. The fraction of sp³-hybridized carbons (Fsp3) is 0.0435. The van der Waals surface area contributed by atoms with Crippen LogP contribution in [0.25, 0.3) is 6.08 Å². The topological polar surface area (TPSA) is 111 Å². The zero-order valence-corrected chi connectivity index (χ0v) is 16.6. The predicted molar refractivity (Wildman–Crippen MR) is 117 cm³/mol. The maximum atomic E-state index is 13.0. The van der Waals surface area contributed by atoms with E-state index in [9.17, 15) is 19.7 Å². The third-order valence-corrected chi connectivity index (χ3v) is 4.28. The van der Waals surface area contributed by atoms with Gasteiger partial charge in [0, 0.05) is 11.6 Å². The molecule has 2 amide bonds. The number of benzene rings is 3. The first-order valence-electron chi connectivity index (χ1n) is 9.25. The Morgan fingerprint density at radius 2 is 1.61 bits per heavy atom. The van der Waals surface area contributed by atoms with E-state index in [1.165, 1.54) is 31.4 Å². The molecule has 0 unspecified atom stereocenters. The lowest BCUT2D eigenvalue weighted by Gasteiger charge is -2.13. The first kappa shape index (κ1) is 21.3. The lowest BCUT2D eigenvalue weighted by atomic mass is 10.1. The van der Waals surface area contributed by atoms with Gasteiger partial charge in [-0.1, -0.05) is 48.5 Å². The van der Waals surface area contributed by atoms with Gasteiger partial charge in [-0.2, -0.15) is 0 Å². The van der Waals surface area contributed by atoms with Crippen LogP contribution in [0.3, 0.4) is 0 Å². The van der Waals surface area contributed by atoms with E-state index in [1.807, 2.05) is 6.07 Å². The first-order chi connectivity index (χ1) is 15.0.